The Kier molecular flexibility index (Phi) is 5.23. The van der Waals surface area contributed by atoms with E-state index in [0.717, 1.165) is 5.56 Å². The van der Waals surface area contributed by atoms with Crippen LogP contribution in [-0.2, 0) is 14.3 Å². The maximum atomic E-state index is 12.8. The highest BCUT2D eigenvalue weighted by atomic mass is 16.5. The second kappa shape index (κ2) is 7.58. The van der Waals surface area contributed by atoms with E-state index in [1.807, 2.05) is 30.3 Å². The molecule has 1 amide bonds. The fraction of sp³-hybridized carbons (Fsp3) is 0.300. The van der Waals surface area contributed by atoms with Gasteiger partial charge < -0.3 is 19.5 Å². The highest BCUT2D eigenvalue weighted by Gasteiger charge is 2.53. The van der Waals surface area contributed by atoms with Crippen molar-refractivity contribution in [1.29, 1.82) is 0 Å². The summed E-state index contributed by atoms with van der Waals surface area (Å²) in [5, 5.41) is 10.5. The van der Waals surface area contributed by atoms with E-state index in [2.05, 4.69) is 0 Å². The van der Waals surface area contributed by atoms with Crippen molar-refractivity contribution in [2.75, 3.05) is 18.6 Å². The first-order valence-corrected chi connectivity index (χ1v) is 8.45. The van der Waals surface area contributed by atoms with E-state index >= 15 is 0 Å². The lowest BCUT2D eigenvalue weighted by Crippen LogP contribution is -2.31. The number of aliphatic hydroxyl groups excluding tert-OH is 1. The molecule has 1 aliphatic heterocycles. The summed E-state index contributed by atoms with van der Waals surface area (Å²) >= 11 is 0. The molecule has 0 unspecified atom stereocenters. The molecule has 0 spiro atoms. The van der Waals surface area contributed by atoms with Gasteiger partial charge in [-0.3, -0.25) is 9.59 Å². The molecule has 2 aromatic rings. The van der Waals surface area contributed by atoms with Crippen LogP contribution in [0.3, 0.4) is 0 Å². The fourth-order valence-electron chi connectivity index (χ4n) is 3.30. The van der Waals surface area contributed by atoms with Gasteiger partial charge in [0.05, 0.1) is 19.8 Å². The van der Waals surface area contributed by atoms with Gasteiger partial charge in [-0.1, -0.05) is 30.3 Å². The summed E-state index contributed by atoms with van der Waals surface area (Å²) in [5.41, 5.74) is 1.33. The van der Waals surface area contributed by atoms with Crippen molar-refractivity contribution in [2.45, 2.75) is 19.1 Å². The molecule has 3 atom stereocenters. The molecule has 0 aliphatic carbocycles. The number of carbonyl (C=O) groups is 2. The zero-order valence-electron chi connectivity index (χ0n) is 14.7. The minimum Gasteiger partial charge on any atom is -0.497 e. The van der Waals surface area contributed by atoms with Gasteiger partial charge in [0.25, 0.3) is 5.91 Å². The van der Waals surface area contributed by atoms with Crippen LogP contribution >= 0.6 is 0 Å². The smallest absolute Gasteiger partial charge is 0.314 e. The number of methoxy groups -OCH3 is 1. The average Bonchev–Trinajstić information content (AvgIpc) is 2.94. The Labute approximate surface area is 152 Å². The van der Waals surface area contributed by atoms with E-state index in [9.17, 15) is 14.7 Å². The predicted molar refractivity (Wildman–Crippen MR) is 95.8 cm³/mol. The van der Waals surface area contributed by atoms with Crippen LogP contribution in [0.4, 0.5) is 5.69 Å². The molecule has 1 N–H and O–H groups in total. The third-order valence-corrected chi connectivity index (χ3v) is 4.50. The van der Waals surface area contributed by atoms with Crippen molar-refractivity contribution < 1.29 is 24.2 Å². The van der Waals surface area contributed by atoms with Crippen LogP contribution in [0.5, 0.6) is 5.75 Å². The number of aliphatic hydroxyl groups is 1. The number of benzene rings is 2. The second-order valence-electron chi connectivity index (χ2n) is 5.98. The number of rotatable bonds is 5. The molecule has 0 saturated carbocycles. The molecular formula is C20H21NO5. The molecule has 6 heteroatoms. The quantitative estimate of drug-likeness (QED) is 0.833. The third kappa shape index (κ3) is 3.15. The second-order valence-corrected chi connectivity index (χ2v) is 5.98. The van der Waals surface area contributed by atoms with Crippen LogP contribution in [0.15, 0.2) is 54.6 Å². The van der Waals surface area contributed by atoms with E-state index in [-0.39, 0.29) is 6.61 Å². The zero-order chi connectivity index (χ0) is 18.7. The van der Waals surface area contributed by atoms with Crippen LogP contribution in [-0.4, -0.2) is 36.8 Å². The first-order valence-electron chi connectivity index (χ1n) is 8.45. The average molecular weight is 355 g/mol. The third-order valence-electron chi connectivity index (χ3n) is 4.50. The Hall–Kier alpha value is -2.86. The van der Waals surface area contributed by atoms with Crippen LogP contribution in [0.1, 0.15) is 18.5 Å². The minimum absolute atomic E-state index is 0.181. The molecule has 6 nitrogen and oxygen atoms in total. The van der Waals surface area contributed by atoms with E-state index < -0.39 is 29.9 Å². The summed E-state index contributed by atoms with van der Waals surface area (Å²) in [6.45, 7) is 1.88. The number of nitrogens with zero attached hydrogens (tertiary/aromatic N) is 1. The van der Waals surface area contributed by atoms with Crippen LogP contribution in [0.25, 0.3) is 0 Å². The van der Waals surface area contributed by atoms with E-state index in [1.165, 1.54) is 4.90 Å². The summed E-state index contributed by atoms with van der Waals surface area (Å²) < 4.78 is 10.3. The van der Waals surface area contributed by atoms with Crippen molar-refractivity contribution >= 4 is 17.6 Å². The van der Waals surface area contributed by atoms with E-state index in [0.29, 0.717) is 11.4 Å². The van der Waals surface area contributed by atoms with Gasteiger partial charge in [0.2, 0.25) is 0 Å². The van der Waals surface area contributed by atoms with Gasteiger partial charge in [0, 0.05) is 5.69 Å². The maximum Gasteiger partial charge on any atom is 0.314 e. The summed E-state index contributed by atoms with van der Waals surface area (Å²) in [7, 11) is 1.56. The van der Waals surface area contributed by atoms with Gasteiger partial charge in [-0.05, 0) is 36.8 Å². The van der Waals surface area contributed by atoms with Gasteiger partial charge in [-0.25, -0.2) is 0 Å². The zero-order valence-corrected chi connectivity index (χ0v) is 14.7. The van der Waals surface area contributed by atoms with Gasteiger partial charge >= 0.3 is 5.97 Å². The van der Waals surface area contributed by atoms with Crippen molar-refractivity contribution in [2.24, 2.45) is 5.92 Å². The Morgan fingerprint density at radius 2 is 1.77 bits per heavy atom. The first kappa shape index (κ1) is 17.9. The van der Waals surface area contributed by atoms with Gasteiger partial charge in [0.1, 0.15) is 17.8 Å². The number of hydrogen-bond donors (Lipinski definition) is 1. The molecule has 1 aliphatic rings. The lowest BCUT2D eigenvalue weighted by molar-refractivity contribution is -0.153. The molecule has 2 aromatic carbocycles. The molecular weight excluding hydrogens is 334 g/mol. The minimum atomic E-state index is -1.46. The standard InChI is InChI=1S/C20H21NO5/c1-3-26-20(24)16-17(13-7-5-4-6-8-13)21(19(23)18(16)22)14-9-11-15(25-2)12-10-14/h4-12,16-18,22H,3H2,1-2H3/t16-,17-,18-/m0/s1. The number of anilines is 1. The fourth-order valence-corrected chi connectivity index (χ4v) is 3.30. The van der Waals surface area contributed by atoms with Gasteiger partial charge in [-0.15, -0.1) is 0 Å². The molecule has 0 aromatic heterocycles. The number of ether oxygens (including phenoxy) is 2. The predicted octanol–water partition coefficient (Wildman–Crippen LogP) is 2.32. The van der Waals surface area contributed by atoms with Gasteiger partial charge in [0.15, 0.2) is 0 Å². The van der Waals surface area contributed by atoms with Crippen molar-refractivity contribution in [1.82, 2.24) is 0 Å². The Balaban J connectivity index is 2.07. The van der Waals surface area contributed by atoms with Crippen molar-refractivity contribution in [3.63, 3.8) is 0 Å². The molecule has 0 bridgehead atoms. The summed E-state index contributed by atoms with van der Waals surface area (Å²) in [5.74, 6) is -1.45. The number of carbonyl (C=O) groups excluding carboxylic acids is 2. The topological polar surface area (TPSA) is 76.1 Å². The van der Waals surface area contributed by atoms with Crippen LogP contribution < -0.4 is 9.64 Å². The molecule has 3 rings (SSSR count). The lowest BCUT2D eigenvalue weighted by Gasteiger charge is -2.27. The number of esters is 1. The maximum absolute atomic E-state index is 12.8. The largest absolute Gasteiger partial charge is 0.497 e. The van der Waals surface area contributed by atoms with E-state index in [4.69, 9.17) is 9.47 Å². The number of hydrogen-bond acceptors (Lipinski definition) is 5. The van der Waals surface area contributed by atoms with Crippen molar-refractivity contribution in [3.8, 4) is 5.75 Å². The van der Waals surface area contributed by atoms with Crippen LogP contribution in [0, 0.1) is 5.92 Å². The van der Waals surface area contributed by atoms with Crippen molar-refractivity contribution in [3.05, 3.63) is 60.2 Å². The SMILES string of the molecule is CCOC(=O)[C@@H]1[C@H](O)C(=O)N(c2ccc(OC)cc2)[C@H]1c1ccccc1. The molecule has 1 fully saturated rings. The Morgan fingerprint density at radius 1 is 1.12 bits per heavy atom. The molecule has 1 saturated heterocycles. The summed E-state index contributed by atoms with van der Waals surface area (Å²) in [4.78, 5) is 26.7. The molecule has 136 valence electrons. The normalized spacial score (nSPS) is 22.3. The van der Waals surface area contributed by atoms with Crippen LogP contribution in [0.2, 0.25) is 0 Å². The number of amides is 1. The van der Waals surface area contributed by atoms with Gasteiger partial charge in [-0.2, -0.15) is 0 Å². The Bertz CT molecular complexity index is 775. The molecule has 1 heterocycles. The summed E-state index contributed by atoms with van der Waals surface area (Å²) in [6, 6.07) is 15.5. The van der Waals surface area contributed by atoms with E-state index in [1.54, 1.807) is 38.3 Å². The lowest BCUT2D eigenvalue weighted by atomic mass is 9.92. The molecule has 26 heavy (non-hydrogen) atoms. The summed E-state index contributed by atoms with van der Waals surface area (Å²) in [6.07, 6.45) is -1.46. The Morgan fingerprint density at radius 3 is 2.35 bits per heavy atom. The first-order chi connectivity index (χ1) is 12.6. The highest BCUT2D eigenvalue weighted by Crippen LogP contribution is 2.42. The molecule has 0 radical (unpaired) electrons. The highest BCUT2D eigenvalue weighted by molar-refractivity contribution is 6.04. The monoisotopic (exact) mass is 355 g/mol.